The normalized spacial score (nSPS) is 15.5. The summed E-state index contributed by atoms with van der Waals surface area (Å²) in [5.41, 5.74) is 4.33. The summed E-state index contributed by atoms with van der Waals surface area (Å²) in [5.74, 6) is -0.120. The van der Waals surface area contributed by atoms with Crippen molar-refractivity contribution in [1.29, 1.82) is 0 Å². The third kappa shape index (κ3) is 4.33. The van der Waals surface area contributed by atoms with Crippen LogP contribution in [0.1, 0.15) is 33.6 Å². The highest BCUT2D eigenvalue weighted by molar-refractivity contribution is 7.11. The average molecular weight is 355 g/mol. The molecule has 5 nitrogen and oxygen atoms in total. The van der Waals surface area contributed by atoms with E-state index in [1.165, 1.54) is 0 Å². The first kappa shape index (κ1) is 17.4. The third-order valence-corrected chi connectivity index (χ3v) is 5.25. The Morgan fingerprint density at radius 2 is 1.96 bits per heavy atom. The van der Waals surface area contributed by atoms with Gasteiger partial charge in [0.25, 0.3) is 5.91 Å². The fourth-order valence-corrected chi connectivity index (χ4v) is 3.53. The molecule has 0 unspecified atom stereocenters. The van der Waals surface area contributed by atoms with Gasteiger partial charge in [-0.1, -0.05) is 24.3 Å². The van der Waals surface area contributed by atoms with E-state index in [0.717, 1.165) is 16.0 Å². The molecule has 0 aliphatic carbocycles. The molecule has 2 aromatic rings. The van der Waals surface area contributed by atoms with Gasteiger partial charge in [-0.05, 0) is 42.8 Å². The van der Waals surface area contributed by atoms with E-state index in [-0.39, 0.29) is 17.7 Å². The van der Waals surface area contributed by atoms with E-state index in [4.69, 9.17) is 0 Å². The predicted molar refractivity (Wildman–Crippen MR) is 99.9 cm³/mol. The van der Waals surface area contributed by atoms with Gasteiger partial charge in [-0.3, -0.25) is 9.59 Å². The predicted octanol–water partition coefficient (Wildman–Crippen LogP) is 3.06. The van der Waals surface area contributed by atoms with Crippen molar-refractivity contribution in [3.05, 3.63) is 57.8 Å². The van der Waals surface area contributed by atoms with E-state index >= 15 is 0 Å². The van der Waals surface area contributed by atoms with Crippen molar-refractivity contribution in [2.45, 2.75) is 19.8 Å². The molecule has 3 rings (SSSR count). The van der Waals surface area contributed by atoms with E-state index in [1.807, 2.05) is 53.6 Å². The molecule has 25 heavy (non-hydrogen) atoms. The number of carbonyl (C=O) groups is 2. The number of rotatable bonds is 4. The number of piperidine rings is 1. The van der Waals surface area contributed by atoms with E-state index in [0.29, 0.717) is 25.9 Å². The smallest absolute Gasteiger partial charge is 0.254 e. The highest BCUT2D eigenvalue weighted by Crippen LogP contribution is 2.20. The lowest BCUT2D eigenvalue weighted by Crippen LogP contribution is -2.42. The second-order valence-corrected chi connectivity index (χ2v) is 7.11. The minimum atomic E-state index is -0.0959. The van der Waals surface area contributed by atoms with E-state index in [1.54, 1.807) is 17.6 Å². The van der Waals surface area contributed by atoms with Gasteiger partial charge in [0.2, 0.25) is 5.91 Å². The van der Waals surface area contributed by atoms with Gasteiger partial charge in [0.15, 0.2) is 0 Å². The number of carbonyl (C=O) groups excluding carboxylic acids is 2. The fraction of sp³-hybridized carbons (Fsp3) is 0.316. The molecule has 1 aromatic heterocycles. The molecule has 6 heteroatoms. The first-order valence-corrected chi connectivity index (χ1v) is 9.24. The average Bonchev–Trinajstić information content (AvgIpc) is 3.15. The van der Waals surface area contributed by atoms with Crippen LogP contribution in [0.2, 0.25) is 0 Å². The molecule has 1 saturated heterocycles. The van der Waals surface area contributed by atoms with Gasteiger partial charge in [-0.2, -0.15) is 5.10 Å². The summed E-state index contributed by atoms with van der Waals surface area (Å²) in [7, 11) is 0. The van der Waals surface area contributed by atoms with Crippen molar-refractivity contribution in [3.8, 4) is 0 Å². The topological polar surface area (TPSA) is 61.8 Å². The van der Waals surface area contributed by atoms with Crippen molar-refractivity contribution in [1.82, 2.24) is 10.3 Å². The second kappa shape index (κ2) is 8.07. The molecule has 1 aromatic carbocycles. The van der Waals surface area contributed by atoms with Gasteiger partial charge in [-0.15, -0.1) is 11.3 Å². The molecule has 130 valence electrons. The molecule has 0 atom stereocenters. The van der Waals surface area contributed by atoms with Crippen LogP contribution >= 0.6 is 11.3 Å². The number of hydrogen-bond donors (Lipinski definition) is 1. The Labute approximate surface area is 151 Å². The monoisotopic (exact) mass is 355 g/mol. The van der Waals surface area contributed by atoms with Crippen LogP contribution in [0, 0.1) is 12.8 Å². The van der Waals surface area contributed by atoms with Crippen molar-refractivity contribution < 1.29 is 9.59 Å². The number of hydrazone groups is 1. The Bertz CT molecular complexity index is 763. The fourth-order valence-electron chi connectivity index (χ4n) is 2.94. The summed E-state index contributed by atoms with van der Waals surface area (Å²) in [6.45, 7) is 3.14. The lowest BCUT2D eigenvalue weighted by atomic mass is 9.95. The number of likely N-dealkylation sites (tertiary alicyclic amines) is 1. The van der Waals surface area contributed by atoms with Gasteiger partial charge in [0, 0.05) is 29.4 Å². The Kier molecular flexibility index (Phi) is 5.60. The first-order chi connectivity index (χ1) is 12.1. The third-order valence-electron chi connectivity index (χ3n) is 4.44. The van der Waals surface area contributed by atoms with E-state index < -0.39 is 0 Å². The van der Waals surface area contributed by atoms with Crippen LogP contribution < -0.4 is 5.43 Å². The summed E-state index contributed by atoms with van der Waals surface area (Å²) in [4.78, 5) is 27.6. The van der Waals surface area contributed by atoms with Crippen LogP contribution in [-0.4, -0.2) is 36.0 Å². The standard InChI is InChI=1S/C19H21N3O2S/c1-14-5-2-3-7-17(14)19(24)22-10-8-15(9-11-22)18(23)21-20-13-16-6-4-12-25-16/h2-7,12-13,15H,8-11H2,1H3,(H,21,23)/b20-13-. The molecule has 1 aliphatic rings. The van der Waals surface area contributed by atoms with Crippen molar-refractivity contribution in [2.75, 3.05) is 13.1 Å². The molecular formula is C19H21N3O2S. The highest BCUT2D eigenvalue weighted by Gasteiger charge is 2.28. The number of thiophene rings is 1. The maximum absolute atomic E-state index is 12.6. The van der Waals surface area contributed by atoms with Gasteiger partial charge in [0.1, 0.15) is 0 Å². The van der Waals surface area contributed by atoms with Crippen LogP contribution in [0.4, 0.5) is 0 Å². The van der Waals surface area contributed by atoms with Crippen molar-refractivity contribution in [3.63, 3.8) is 0 Å². The molecule has 0 spiro atoms. The maximum atomic E-state index is 12.6. The van der Waals surface area contributed by atoms with E-state index in [2.05, 4.69) is 10.5 Å². The summed E-state index contributed by atoms with van der Waals surface area (Å²) in [5, 5.41) is 5.97. The zero-order valence-corrected chi connectivity index (χ0v) is 15.0. The zero-order chi connectivity index (χ0) is 17.6. The minimum Gasteiger partial charge on any atom is -0.339 e. The number of amides is 2. The van der Waals surface area contributed by atoms with Crippen LogP contribution in [0.3, 0.4) is 0 Å². The van der Waals surface area contributed by atoms with Crippen LogP contribution in [0.5, 0.6) is 0 Å². The SMILES string of the molecule is Cc1ccccc1C(=O)N1CCC(C(=O)N/N=C\c2cccs2)CC1. The van der Waals surface area contributed by atoms with Crippen LogP contribution in [-0.2, 0) is 4.79 Å². The Morgan fingerprint density at radius 1 is 1.20 bits per heavy atom. The Morgan fingerprint density at radius 3 is 2.64 bits per heavy atom. The number of hydrogen-bond acceptors (Lipinski definition) is 4. The molecular weight excluding hydrogens is 334 g/mol. The van der Waals surface area contributed by atoms with Gasteiger partial charge in [0.05, 0.1) is 6.21 Å². The molecule has 0 saturated carbocycles. The molecule has 0 bridgehead atoms. The van der Waals surface area contributed by atoms with Crippen molar-refractivity contribution in [2.24, 2.45) is 11.0 Å². The number of nitrogens with zero attached hydrogens (tertiary/aromatic N) is 2. The zero-order valence-electron chi connectivity index (χ0n) is 14.1. The first-order valence-electron chi connectivity index (χ1n) is 8.36. The lowest BCUT2D eigenvalue weighted by Gasteiger charge is -2.31. The molecule has 1 N–H and O–H groups in total. The van der Waals surface area contributed by atoms with Gasteiger partial charge in [-0.25, -0.2) is 5.43 Å². The number of benzene rings is 1. The molecule has 1 aliphatic heterocycles. The minimum absolute atomic E-state index is 0.0488. The van der Waals surface area contributed by atoms with Gasteiger partial charge >= 0.3 is 0 Å². The molecule has 2 amide bonds. The highest BCUT2D eigenvalue weighted by atomic mass is 32.1. The number of nitrogens with one attached hydrogen (secondary N) is 1. The number of aryl methyl sites for hydroxylation is 1. The van der Waals surface area contributed by atoms with E-state index in [9.17, 15) is 9.59 Å². The summed E-state index contributed by atoms with van der Waals surface area (Å²) in [6, 6.07) is 11.5. The van der Waals surface area contributed by atoms with Crippen molar-refractivity contribution >= 4 is 29.4 Å². The van der Waals surface area contributed by atoms with Crippen LogP contribution in [0.25, 0.3) is 0 Å². The quantitative estimate of drug-likeness (QED) is 0.677. The summed E-state index contributed by atoms with van der Waals surface area (Å²) in [6.07, 6.45) is 2.98. The molecule has 1 fully saturated rings. The Hall–Kier alpha value is -2.47. The summed E-state index contributed by atoms with van der Waals surface area (Å²) < 4.78 is 0. The largest absolute Gasteiger partial charge is 0.339 e. The maximum Gasteiger partial charge on any atom is 0.254 e. The second-order valence-electron chi connectivity index (χ2n) is 6.13. The molecule has 0 radical (unpaired) electrons. The Balaban J connectivity index is 1.50. The van der Waals surface area contributed by atoms with Gasteiger partial charge < -0.3 is 4.90 Å². The lowest BCUT2D eigenvalue weighted by molar-refractivity contribution is -0.126. The molecule has 2 heterocycles. The van der Waals surface area contributed by atoms with Crippen LogP contribution in [0.15, 0.2) is 46.9 Å². The summed E-state index contributed by atoms with van der Waals surface area (Å²) >= 11 is 1.57.